The van der Waals surface area contributed by atoms with Crippen LogP contribution in [0.15, 0.2) is 75.0 Å². The molecule has 34 heavy (non-hydrogen) atoms. The van der Waals surface area contributed by atoms with Crippen molar-refractivity contribution in [1.29, 1.82) is 0 Å². The standard InChI is InChI=1S/C26H23N3O4S/c1-4-11-29-21-10-9-16(14-23(21)34-22-8-6-5-7-20(22)26(29)30)24-27-25(33-28-24)17-12-18(31-2)15-19(13-17)32-3/h5-10,12-15H,4,11H2,1-3H3. The van der Waals surface area contributed by atoms with E-state index >= 15 is 0 Å². The Balaban J connectivity index is 1.54. The molecule has 0 radical (unpaired) electrons. The Kier molecular flexibility index (Phi) is 5.98. The third-order valence-corrected chi connectivity index (χ3v) is 6.69. The molecule has 0 saturated carbocycles. The van der Waals surface area contributed by atoms with Gasteiger partial charge in [0.25, 0.3) is 11.8 Å². The molecule has 2 heterocycles. The molecule has 0 N–H and O–H groups in total. The zero-order valence-corrected chi connectivity index (χ0v) is 19.9. The summed E-state index contributed by atoms with van der Waals surface area (Å²) >= 11 is 1.58. The molecular formula is C26H23N3O4S. The fourth-order valence-electron chi connectivity index (χ4n) is 3.90. The van der Waals surface area contributed by atoms with Crippen molar-refractivity contribution in [1.82, 2.24) is 10.1 Å². The number of nitrogens with zero attached hydrogens (tertiary/aromatic N) is 3. The van der Waals surface area contributed by atoms with Crippen molar-refractivity contribution in [3.05, 3.63) is 66.2 Å². The van der Waals surface area contributed by atoms with Gasteiger partial charge in [-0.15, -0.1) is 0 Å². The van der Waals surface area contributed by atoms with Crippen LogP contribution in [0, 0.1) is 0 Å². The molecule has 5 rings (SSSR count). The first-order valence-corrected chi connectivity index (χ1v) is 11.7. The maximum absolute atomic E-state index is 13.3. The van der Waals surface area contributed by atoms with Crippen LogP contribution in [0.1, 0.15) is 23.7 Å². The number of carbonyl (C=O) groups excluding carboxylic acids is 1. The van der Waals surface area contributed by atoms with Crippen molar-refractivity contribution in [2.75, 3.05) is 25.7 Å². The minimum atomic E-state index is 0.0188. The van der Waals surface area contributed by atoms with Gasteiger partial charge in [0.05, 0.1) is 25.5 Å². The molecule has 4 aromatic rings. The highest BCUT2D eigenvalue weighted by Gasteiger charge is 2.27. The summed E-state index contributed by atoms with van der Waals surface area (Å²) in [6.07, 6.45) is 0.859. The summed E-state index contributed by atoms with van der Waals surface area (Å²) in [6, 6.07) is 19.0. The molecule has 1 amide bonds. The first-order chi connectivity index (χ1) is 16.6. The van der Waals surface area contributed by atoms with Gasteiger partial charge >= 0.3 is 0 Å². The summed E-state index contributed by atoms with van der Waals surface area (Å²) in [6.45, 7) is 2.71. The van der Waals surface area contributed by atoms with Crippen LogP contribution in [0.4, 0.5) is 5.69 Å². The van der Waals surface area contributed by atoms with Gasteiger partial charge in [0, 0.05) is 33.5 Å². The van der Waals surface area contributed by atoms with E-state index in [9.17, 15) is 4.79 Å². The number of benzene rings is 3. The van der Waals surface area contributed by atoms with E-state index in [1.165, 1.54) is 0 Å². The van der Waals surface area contributed by atoms with Gasteiger partial charge < -0.3 is 18.9 Å². The summed E-state index contributed by atoms with van der Waals surface area (Å²) < 4.78 is 16.3. The van der Waals surface area contributed by atoms with E-state index in [1.807, 2.05) is 59.5 Å². The quantitative estimate of drug-likeness (QED) is 0.343. The van der Waals surface area contributed by atoms with Gasteiger partial charge in [-0.05, 0) is 48.9 Å². The highest BCUT2D eigenvalue weighted by Crippen LogP contribution is 2.43. The molecule has 1 aliphatic rings. The van der Waals surface area contributed by atoms with Crippen molar-refractivity contribution >= 4 is 23.4 Å². The van der Waals surface area contributed by atoms with Crippen LogP contribution in [-0.4, -0.2) is 36.8 Å². The number of carbonyl (C=O) groups is 1. The third-order valence-electron chi connectivity index (χ3n) is 5.56. The maximum Gasteiger partial charge on any atom is 0.259 e. The van der Waals surface area contributed by atoms with Crippen molar-refractivity contribution in [3.63, 3.8) is 0 Å². The predicted octanol–water partition coefficient (Wildman–Crippen LogP) is 5.94. The fourth-order valence-corrected chi connectivity index (χ4v) is 5.02. The molecule has 0 fully saturated rings. The lowest BCUT2D eigenvalue weighted by atomic mass is 10.1. The highest BCUT2D eigenvalue weighted by atomic mass is 32.2. The lowest BCUT2D eigenvalue weighted by Crippen LogP contribution is -2.31. The molecule has 0 saturated heterocycles. The predicted molar refractivity (Wildman–Crippen MR) is 131 cm³/mol. The molecule has 0 unspecified atom stereocenters. The lowest BCUT2D eigenvalue weighted by molar-refractivity contribution is 0.0984. The first-order valence-electron chi connectivity index (χ1n) is 10.9. The van der Waals surface area contributed by atoms with Crippen LogP contribution in [0.25, 0.3) is 22.8 Å². The van der Waals surface area contributed by atoms with Crippen LogP contribution in [0.5, 0.6) is 11.5 Å². The topological polar surface area (TPSA) is 77.7 Å². The Hall–Kier alpha value is -3.78. The van der Waals surface area contributed by atoms with Crippen molar-refractivity contribution in [3.8, 4) is 34.3 Å². The average Bonchev–Trinajstić information content (AvgIpc) is 3.34. The zero-order valence-electron chi connectivity index (χ0n) is 19.1. The van der Waals surface area contributed by atoms with E-state index < -0.39 is 0 Å². The third kappa shape index (κ3) is 4.01. The number of rotatable bonds is 6. The number of hydrogen-bond acceptors (Lipinski definition) is 7. The Morgan fingerprint density at radius 3 is 2.44 bits per heavy atom. The maximum atomic E-state index is 13.3. The van der Waals surface area contributed by atoms with Crippen molar-refractivity contribution < 1.29 is 18.8 Å². The SMILES string of the molecule is CCCN1C(=O)c2ccccc2Sc2cc(-c3noc(-c4cc(OC)cc(OC)c4)n3)ccc21. The van der Waals surface area contributed by atoms with Crippen molar-refractivity contribution in [2.24, 2.45) is 0 Å². The Morgan fingerprint density at radius 1 is 0.941 bits per heavy atom. The number of anilines is 1. The van der Waals surface area contributed by atoms with E-state index in [1.54, 1.807) is 32.0 Å². The highest BCUT2D eigenvalue weighted by molar-refractivity contribution is 7.99. The zero-order chi connectivity index (χ0) is 23.7. The minimum Gasteiger partial charge on any atom is -0.497 e. The van der Waals surface area contributed by atoms with Crippen LogP contribution < -0.4 is 14.4 Å². The molecule has 7 nitrogen and oxygen atoms in total. The van der Waals surface area contributed by atoms with Crippen LogP contribution >= 0.6 is 11.8 Å². The van der Waals surface area contributed by atoms with Crippen LogP contribution in [-0.2, 0) is 0 Å². The molecule has 0 aliphatic carbocycles. The minimum absolute atomic E-state index is 0.0188. The molecule has 0 spiro atoms. The fraction of sp³-hybridized carbons (Fsp3) is 0.192. The smallest absolute Gasteiger partial charge is 0.259 e. The number of aromatic nitrogens is 2. The molecule has 3 aromatic carbocycles. The Labute approximate surface area is 201 Å². The number of hydrogen-bond donors (Lipinski definition) is 0. The molecule has 8 heteroatoms. The molecule has 0 bridgehead atoms. The number of ether oxygens (including phenoxy) is 2. The van der Waals surface area contributed by atoms with E-state index in [2.05, 4.69) is 17.1 Å². The van der Waals surface area contributed by atoms with Gasteiger partial charge in [-0.1, -0.05) is 36.0 Å². The number of methoxy groups -OCH3 is 2. The van der Waals surface area contributed by atoms with Crippen LogP contribution in [0.3, 0.4) is 0 Å². The second-order valence-electron chi connectivity index (χ2n) is 7.76. The van der Waals surface area contributed by atoms with E-state index in [0.717, 1.165) is 27.5 Å². The number of fused-ring (bicyclic) bond motifs is 2. The molecular weight excluding hydrogens is 450 g/mol. The molecule has 1 aliphatic heterocycles. The monoisotopic (exact) mass is 473 g/mol. The van der Waals surface area contributed by atoms with Crippen molar-refractivity contribution in [2.45, 2.75) is 23.1 Å². The summed E-state index contributed by atoms with van der Waals surface area (Å²) in [5.74, 6) is 2.11. The lowest BCUT2D eigenvalue weighted by Gasteiger charge is -2.22. The van der Waals surface area contributed by atoms with E-state index in [-0.39, 0.29) is 5.91 Å². The molecule has 0 atom stereocenters. The summed E-state index contributed by atoms with van der Waals surface area (Å²) in [4.78, 5) is 21.6. The molecule has 1 aromatic heterocycles. The average molecular weight is 474 g/mol. The van der Waals surface area contributed by atoms with Gasteiger partial charge in [0.2, 0.25) is 5.82 Å². The van der Waals surface area contributed by atoms with Gasteiger partial charge in [-0.2, -0.15) is 4.98 Å². The second-order valence-corrected chi connectivity index (χ2v) is 8.85. The van der Waals surface area contributed by atoms with E-state index in [0.29, 0.717) is 40.9 Å². The van der Waals surface area contributed by atoms with Gasteiger partial charge in [-0.25, -0.2) is 0 Å². The summed E-state index contributed by atoms with van der Waals surface area (Å²) in [5, 5.41) is 4.20. The summed E-state index contributed by atoms with van der Waals surface area (Å²) in [5.41, 5.74) is 3.11. The molecule has 172 valence electrons. The Morgan fingerprint density at radius 2 is 1.71 bits per heavy atom. The normalized spacial score (nSPS) is 12.7. The van der Waals surface area contributed by atoms with Gasteiger partial charge in [0.15, 0.2) is 0 Å². The number of amides is 1. The van der Waals surface area contributed by atoms with Crippen LogP contribution in [0.2, 0.25) is 0 Å². The van der Waals surface area contributed by atoms with E-state index in [4.69, 9.17) is 14.0 Å². The second kappa shape index (κ2) is 9.23. The Bertz CT molecular complexity index is 1350. The largest absolute Gasteiger partial charge is 0.497 e. The van der Waals surface area contributed by atoms with Gasteiger partial charge in [-0.3, -0.25) is 4.79 Å². The summed E-state index contributed by atoms with van der Waals surface area (Å²) in [7, 11) is 3.19. The first kappa shape index (κ1) is 22.0. The van der Waals surface area contributed by atoms with Gasteiger partial charge in [0.1, 0.15) is 11.5 Å².